The first-order valence-corrected chi connectivity index (χ1v) is 9.32. The summed E-state index contributed by atoms with van der Waals surface area (Å²) in [6.45, 7) is 2.30. The Morgan fingerprint density at radius 2 is 1.92 bits per heavy atom. The molecule has 0 atom stereocenters. The molecule has 1 aliphatic heterocycles. The molecule has 2 aliphatic rings. The number of nitrogens with one attached hydrogen (secondary N) is 3. The minimum Gasteiger partial charge on any atom is -0.348 e. The smallest absolute Gasteiger partial charge is 0.251 e. The maximum absolute atomic E-state index is 12.1. The average Bonchev–Trinajstić information content (AvgIpc) is 3.37. The van der Waals surface area contributed by atoms with Gasteiger partial charge in [0.15, 0.2) is 0 Å². The number of hydrogen-bond acceptors (Lipinski definition) is 4. The third-order valence-electron chi connectivity index (χ3n) is 3.96. The fourth-order valence-corrected chi connectivity index (χ4v) is 3.71. The van der Waals surface area contributed by atoms with Crippen molar-refractivity contribution in [3.63, 3.8) is 0 Å². The van der Waals surface area contributed by atoms with Crippen LogP contribution in [0.5, 0.6) is 0 Å². The van der Waals surface area contributed by atoms with Crippen LogP contribution in [-0.2, 0) is 10.0 Å². The molecule has 3 N–H and O–H groups in total. The highest BCUT2D eigenvalue weighted by molar-refractivity contribution is 7.89. The second-order valence-corrected chi connectivity index (χ2v) is 7.63. The van der Waals surface area contributed by atoms with Crippen LogP contribution in [0, 0.1) is 0 Å². The van der Waals surface area contributed by atoms with Crippen LogP contribution in [0.1, 0.15) is 29.6 Å². The van der Waals surface area contributed by atoms with Crippen molar-refractivity contribution in [3.8, 4) is 0 Å². The predicted octanol–water partition coefficient (Wildman–Crippen LogP) is 1.20. The largest absolute Gasteiger partial charge is 0.348 e. The predicted molar refractivity (Wildman–Crippen MR) is 94.9 cm³/mol. The summed E-state index contributed by atoms with van der Waals surface area (Å²) in [7, 11) is -3.47. The molecule has 132 valence electrons. The minimum absolute atomic E-state index is 0. The van der Waals surface area contributed by atoms with Crippen molar-refractivity contribution >= 4 is 28.3 Å². The lowest BCUT2D eigenvalue weighted by Crippen LogP contribution is -2.29. The molecule has 1 aromatic carbocycles. The van der Waals surface area contributed by atoms with Crippen LogP contribution < -0.4 is 15.4 Å². The Morgan fingerprint density at radius 1 is 1.21 bits per heavy atom. The molecule has 1 saturated carbocycles. The van der Waals surface area contributed by atoms with Gasteiger partial charge in [0, 0.05) is 24.7 Å². The van der Waals surface area contributed by atoms with Crippen molar-refractivity contribution in [3.05, 3.63) is 41.5 Å². The summed E-state index contributed by atoms with van der Waals surface area (Å²) in [5.41, 5.74) is 1.68. The zero-order valence-corrected chi connectivity index (χ0v) is 14.9. The normalized spacial score (nSPS) is 17.6. The van der Waals surface area contributed by atoms with Gasteiger partial charge in [0.05, 0.1) is 4.90 Å². The van der Waals surface area contributed by atoms with E-state index in [4.69, 9.17) is 0 Å². The fourth-order valence-electron chi connectivity index (χ4n) is 2.40. The van der Waals surface area contributed by atoms with Gasteiger partial charge >= 0.3 is 0 Å². The first-order chi connectivity index (χ1) is 11.0. The molecule has 0 bridgehead atoms. The van der Waals surface area contributed by atoms with E-state index in [9.17, 15) is 13.2 Å². The SMILES string of the molecule is Cl.O=C(NCC1=CCNCC1)c1ccc(S(=O)(=O)NC2CC2)cc1. The van der Waals surface area contributed by atoms with Gasteiger partial charge in [-0.3, -0.25) is 4.79 Å². The summed E-state index contributed by atoms with van der Waals surface area (Å²) in [5.74, 6) is -0.191. The van der Waals surface area contributed by atoms with E-state index in [1.54, 1.807) is 12.1 Å². The van der Waals surface area contributed by atoms with Crippen LogP contribution in [0.2, 0.25) is 0 Å². The van der Waals surface area contributed by atoms with Crippen LogP contribution in [0.25, 0.3) is 0 Å². The third kappa shape index (κ3) is 5.04. The fraction of sp³-hybridized carbons (Fsp3) is 0.438. The van der Waals surface area contributed by atoms with Crippen molar-refractivity contribution in [2.75, 3.05) is 19.6 Å². The number of carbonyl (C=O) groups excluding carboxylic acids is 1. The Morgan fingerprint density at radius 3 is 2.50 bits per heavy atom. The number of hydrogen-bond donors (Lipinski definition) is 3. The van der Waals surface area contributed by atoms with Gasteiger partial charge < -0.3 is 10.6 Å². The lowest BCUT2D eigenvalue weighted by Gasteiger charge is -2.14. The third-order valence-corrected chi connectivity index (χ3v) is 5.50. The van der Waals surface area contributed by atoms with Gasteiger partial charge in [0.25, 0.3) is 5.91 Å². The number of halogens is 1. The average molecular weight is 372 g/mol. The molecule has 1 aliphatic carbocycles. The number of carbonyl (C=O) groups is 1. The summed E-state index contributed by atoms with van der Waals surface area (Å²) in [5, 5.41) is 6.09. The molecule has 1 fully saturated rings. The Labute approximate surface area is 148 Å². The zero-order chi connectivity index (χ0) is 16.3. The van der Waals surface area contributed by atoms with E-state index in [1.165, 1.54) is 17.7 Å². The van der Waals surface area contributed by atoms with Crippen LogP contribution in [-0.4, -0.2) is 40.0 Å². The van der Waals surface area contributed by atoms with Gasteiger partial charge in [0.2, 0.25) is 10.0 Å². The molecule has 6 nitrogen and oxygen atoms in total. The minimum atomic E-state index is -3.47. The van der Waals surface area contributed by atoms with Crippen LogP contribution in [0.15, 0.2) is 40.8 Å². The first kappa shape index (κ1) is 18.9. The Bertz CT molecular complexity index is 713. The second-order valence-electron chi connectivity index (χ2n) is 5.92. The molecule has 1 aromatic rings. The van der Waals surface area contributed by atoms with Gasteiger partial charge in [-0.25, -0.2) is 13.1 Å². The highest BCUT2D eigenvalue weighted by atomic mass is 35.5. The molecule has 0 radical (unpaired) electrons. The van der Waals surface area contributed by atoms with Crippen molar-refractivity contribution in [2.45, 2.75) is 30.2 Å². The quantitative estimate of drug-likeness (QED) is 0.656. The molecule has 0 saturated heterocycles. The van der Waals surface area contributed by atoms with E-state index in [0.717, 1.165) is 32.4 Å². The first-order valence-electron chi connectivity index (χ1n) is 7.84. The molecule has 8 heteroatoms. The van der Waals surface area contributed by atoms with E-state index in [-0.39, 0.29) is 29.3 Å². The zero-order valence-electron chi connectivity index (χ0n) is 13.2. The van der Waals surface area contributed by atoms with Gasteiger partial charge in [-0.05, 0) is 50.1 Å². The topological polar surface area (TPSA) is 87.3 Å². The lowest BCUT2D eigenvalue weighted by molar-refractivity contribution is 0.0956. The number of amides is 1. The van der Waals surface area contributed by atoms with Crippen molar-refractivity contribution in [1.29, 1.82) is 0 Å². The van der Waals surface area contributed by atoms with Gasteiger partial charge in [-0.2, -0.15) is 0 Å². The summed E-state index contributed by atoms with van der Waals surface area (Å²) in [4.78, 5) is 12.3. The Kier molecular flexibility index (Phi) is 6.40. The summed E-state index contributed by atoms with van der Waals surface area (Å²) in [6, 6.07) is 6.12. The van der Waals surface area contributed by atoms with Gasteiger partial charge in [0.1, 0.15) is 0 Å². The number of benzene rings is 1. The summed E-state index contributed by atoms with van der Waals surface area (Å²) >= 11 is 0. The highest BCUT2D eigenvalue weighted by Crippen LogP contribution is 2.22. The van der Waals surface area contributed by atoms with Gasteiger partial charge in [-0.15, -0.1) is 12.4 Å². The number of sulfonamides is 1. The van der Waals surface area contributed by atoms with E-state index < -0.39 is 10.0 Å². The monoisotopic (exact) mass is 371 g/mol. The standard InChI is InChI=1S/C16H21N3O3S.ClH/c20-16(18-11-12-7-9-17-10-8-12)13-1-5-15(6-2-13)23(21,22)19-14-3-4-14;/h1-2,5-7,14,17,19H,3-4,8-11H2,(H,18,20);1H. The molecule has 24 heavy (non-hydrogen) atoms. The van der Waals surface area contributed by atoms with Crippen molar-refractivity contribution in [2.24, 2.45) is 0 Å². The molecule has 1 amide bonds. The highest BCUT2D eigenvalue weighted by Gasteiger charge is 2.27. The second kappa shape index (κ2) is 8.11. The summed E-state index contributed by atoms with van der Waals surface area (Å²) < 4.78 is 26.8. The van der Waals surface area contributed by atoms with Crippen molar-refractivity contribution < 1.29 is 13.2 Å². The van der Waals surface area contributed by atoms with Crippen LogP contribution >= 0.6 is 12.4 Å². The Balaban J connectivity index is 0.00000208. The van der Waals surface area contributed by atoms with Crippen LogP contribution in [0.3, 0.4) is 0 Å². The molecular formula is C16H22ClN3O3S. The Hall–Kier alpha value is -1.41. The van der Waals surface area contributed by atoms with E-state index in [1.807, 2.05) is 0 Å². The molecule has 0 aromatic heterocycles. The van der Waals surface area contributed by atoms with E-state index in [2.05, 4.69) is 21.4 Å². The molecule has 1 heterocycles. The summed E-state index contributed by atoms with van der Waals surface area (Å²) in [6.07, 6.45) is 4.81. The molecular weight excluding hydrogens is 350 g/mol. The van der Waals surface area contributed by atoms with Crippen LogP contribution in [0.4, 0.5) is 0 Å². The van der Waals surface area contributed by atoms with E-state index in [0.29, 0.717) is 12.1 Å². The van der Waals surface area contributed by atoms with Crippen molar-refractivity contribution in [1.82, 2.24) is 15.4 Å². The van der Waals surface area contributed by atoms with Gasteiger partial charge in [-0.1, -0.05) is 11.6 Å². The molecule has 0 spiro atoms. The molecule has 3 rings (SSSR count). The molecule has 0 unspecified atom stereocenters. The maximum atomic E-state index is 12.1. The van der Waals surface area contributed by atoms with E-state index >= 15 is 0 Å². The number of rotatable bonds is 6. The maximum Gasteiger partial charge on any atom is 0.251 e. The lowest BCUT2D eigenvalue weighted by atomic mass is 10.1.